The quantitative estimate of drug-likeness (QED) is 0.446. The molecule has 4 rings (SSSR count). The highest BCUT2D eigenvalue weighted by Crippen LogP contribution is 2.34. The van der Waals surface area contributed by atoms with Gasteiger partial charge in [0, 0.05) is 23.5 Å². The Balaban J connectivity index is 1.54. The number of hydrogen-bond donors (Lipinski definition) is 0. The summed E-state index contributed by atoms with van der Waals surface area (Å²) in [5.74, 6) is -0.347. The molecule has 1 aliphatic heterocycles. The fourth-order valence-corrected chi connectivity index (χ4v) is 5.21. The first-order chi connectivity index (χ1) is 16.4. The maximum Gasteiger partial charge on any atom is 0.254 e. The van der Waals surface area contributed by atoms with E-state index in [0.29, 0.717) is 18.7 Å². The van der Waals surface area contributed by atoms with E-state index < -0.39 is 5.82 Å². The fraction of sp³-hybridized carbons (Fsp3) is 0.333. The molecular formula is C27H29FN2O3S. The number of carbonyl (C=O) groups is 2. The number of benzene rings is 2. The van der Waals surface area contributed by atoms with Crippen molar-refractivity contribution in [1.82, 2.24) is 9.80 Å². The normalized spacial score (nSPS) is 15.2. The van der Waals surface area contributed by atoms with Crippen LogP contribution in [0, 0.1) is 11.7 Å². The highest BCUT2D eigenvalue weighted by molar-refractivity contribution is 7.10. The van der Waals surface area contributed by atoms with Gasteiger partial charge in [0.25, 0.3) is 5.91 Å². The van der Waals surface area contributed by atoms with Crippen molar-refractivity contribution in [1.29, 1.82) is 0 Å². The number of nitrogens with zero attached hydrogens (tertiary/aromatic N) is 2. The summed E-state index contributed by atoms with van der Waals surface area (Å²) in [6, 6.07) is 17.0. The van der Waals surface area contributed by atoms with E-state index in [2.05, 4.69) is 0 Å². The van der Waals surface area contributed by atoms with Gasteiger partial charge in [-0.2, -0.15) is 0 Å². The molecule has 2 amide bonds. The Morgan fingerprint density at radius 2 is 1.85 bits per heavy atom. The molecule has 0 aliphatic carbocycles. The van der Waals surface area contributed by atoms with Crippen LogP contribution in [0.1, 0.15) is 40.7 Å². The van der Waals surface area contributed by atoms with E-state index >= 15 is 0 Å². The fourth-order valence-electron chi connectivity index (χ4n) is 4.28. The molecule has 2 heterocycles. The van der Waals surface area contributed by atoms with E-state index in [1.54, 1.807) is 51.5 Å². The molecule has 3 aromatic rings. The maximum atomic E-state index is 14.1. The smallest absolute Gasteiger partial charge is 0.254 e. The molecule has 0 N–H and O–H groups in total. The van der Waals surface area contributed by atoms with Crippen molar-refractivity contribution in [2.24, 2.45) is 5.92 Å². The molecule has 0 saturated heterocycles. The number of rotatable bonds is 8. The molecule has 34 heavy (non-hydrogen) atoms. The second kappa shape index (κ2) is 10.8. The Bertz CT molecular complexity index is 1130. The van der Waals surface area contributed by atoms with Crippen molar-refractivity contribution in [2.75, 3.05) is 26.2 Å². The lowest BCUT2D eigenvalue weighted by Crippen LogP contribution is -2.48. The third-order valence-corrected chi connectivity index (χ3v) is 6.86. The monoisotopic (exact) mass is 480 g/mol. The number of hydrogen-bond acceptors (Lipinski definition) is 4. The third kappa shape index (κ3) is 5.47. The zero-order chi connectivity index (χ0) is 24.1. The molecule has 0 bridgehead atoms. The van der Waals surface area contributed by atoms with Gasteiger partial charge in [0.1, 0.15) is 13.2 Å². The van der Waals surface area contributed by atoms with E-state index in [1.165, 1.54) is 10.9 Å². The summed E-state index contributed by atoms with van der Waals surface area (Å²) in [6.07, 6.45) is 0.756. The van der Waals surface area contributed by atoms with Gasteiger partial charge in [-0.15, -0.1) is 11.3 Å². The number of thiophene rings is 1. The Hall–Kier alpha value is -3.19. The molecule has 7 heteroatoms. The Morgan fingerprint density at radius 3 is 2.59 bits per heavy atom. The number of ether oxygens (including phenoxy) is 1. The Kier molecular flexibility index (Phi) is 7.63. The first-order valence-electron chi connectivity index (χ1n) is 11.5. The standard InChI is InChI=1S/C27H29FN2O3S/c1-19(2)16-29(27(32)20-8-4-3-5-9-20)17-26(31)30-14-12-25-21(13-15-34-25)23(30)18-33-24-11-7-6-10-22(24)28/h3-11,13,15,19,23H,12,14,16-18H2,1-2H3/t23-/m0/s1. The zero-order valence-electron chi connectivity index (χ0n) is 19.4. The van der Waals surface area contributed by atoms with E-state index in [9.17, 15) is 14.0 Å². The molecule has 178 valence electrons. The molecule has 0 unspecified atom stereocenters. The van der Waals surface area contributed by atoms with Crippen LogP contribution in [0.25, 0.3) is 0 Å². The highest BCUT2D eigenvalue weighted by atomic mass is 32.1. The van der Waals surface area contributed by atoms with Crippen LogP contribution in [0.3, 0.4) is 0 Å². The largest absolute Gasteiger partial charge is 0.488 e. The summed E-state index contributed by atoms with van der Waals surface area (Å²) in [4.78, 5) is 31.3. The minimum Gasteiger partial charge on any atom is -0.488 e. The summed E-state index contributed by atoms with van der Waals surface area (Å²) in [5, 5.41) is 2.01. The van der Waals surface area contributed by atoms with Crippen LogP contribution in [0.4, 0.5) is 4.39 Å². The predicted octanol–water partition coefficient (Wildman–Crippen LogP) is 5.19. The molecule has 0 radical (unpaired) electrons. The Labute approximate surface area is 203 Å². The summed E-state index contributed by atoms with van der Waals surface area (Å²) < 4.78 is 20.0. The average Bonchev–Trinajstić information content (AvgIpc) is 3.32. The minimum absolute atomic E-state index is 0.0123. The SMILES string of the molecule is CC(C)CN(CC(=O)N1CCc2sccc2[C@@H]1COc1ccccc1F)C(=O)c1ccccc1. The molecule has 1 aromatic heterocycles. The summed E-state index contributed by atoms with van der Waals surface area (Å²) >= 11 is 1.66. The van der Waals surface area contributed by atoms with Gasteiger partial charge in [0.05, 0.1) is 6.04 Å². The minimum atomic E-state index is -0.432. The molecule has 0 saturated carbocycles. The van der Waals surface area contributed by atoms with Crippen LogP contribution in [0.2, 0.25) is 0 Å². The second-order valence-electron chi connectivity index (χ2n) is 8.84. The topological polar surface area (TPSA) is 49.9 Å². The number of carbonyl (C=O) groups excluding carboxylic acids is 2. The van der Waals surface area contributed by atoms with Gasteiger partial charge in [-0.3, -0.25) is 9.59 Å². The van der Waals surface area contributed by atoms with E-state index in [1.807, 2.05) is 43.5 Å². The highest BCUT2D eigenvalue weighted by Gasteiger charge is 2.34. The van der Waals surface area contributed by atoms with Crippen molar-refractivity contribution < 1.29 is 18.7 Å². The van der Waals surface area contributed by atoms with E-state index in [-0.39, 0.29) is 42.7 Å². The third-order valence-electron chi connectivity index (χ3n) is 5.87. The molecule has 0 spiro atoms. The van der Waals surface area contributed by atoms with Crippen molar-refractivity contribution in [2.45, 2.75) is 26.3 Å². The van der Waals surface area contributed by atoms with Crippen LogP contribution in [-0.2, 0) is 11.2 Å². The lowest BCUT2D eigenvalue weighted by atomic mass is 10.00. The molecule has 1 aliphatic rings. The van der Waals surface area contributed by atoms with Crippen molar-refractivity contribution in [3.05, 3.63) is 87.9 Å². The van der Waals surface area contributed by atoms with Crippen molar-refractivity contribution in [3.8, 4) is 5.75 Å². The summed E-state index contributed by atoms with van der Waals surface area (Å²) in [7, 11) is 0. The zero-order valence-corrected chi connectivity index (χ0v) is 20.3. The lowest BCUT2D eigenvalue weighted by Gasteiger charge is -2.37. The number of fused-ring (bicyclic) bond motifs is 1. The van der Waals surface area contributed by atoms with Crippen LogP contribution >= 0.6 is 11.3 Å². The van der Waals surface area contributed by atoms with Gasteiger partial charge >= 0.3 is 0 Å². The number of amides is 2. The summed E-state index contributed by atoms with van der Waals surface area (Å²) in [6.45, 7) is 5.20. The van der Waals surface area contributed by atoms with Gasteiger partial charge in [0.2, 0.25) is 5.91 Å². The van der Waals surface area contributed by atoms with Gasteiger partial charge in [-0.1, -0.05) is 44.2 Å². The Morgan fingerprint density at radius 1 is 1.12 bits per heavy atom. The van der Waals surface area contributed by atoms with Crippen molar-refractivity contribution in [3.63, 3.8) is 0 Å². The molecule has 1 atom stereocenters. The van der Waals surface area contributed by atoms with Gasteiger partial charge in [-0.05, 0) is 53.6 Å². The first kappa shape index (κ1) is 24.0. The van der Waals surface area contributed by atoms with E-state index in [4.69, 9.17) is 4.74 Å². The van der Waals surface area contributed by atoms with E-state index in [0.717, 1.165) is 12.0 Å². The van der Waals surface area contributed by atoms with Gasteiger partial charge in [-0.25, -0.2) is 4.39 Å². The summed E-state index contributed by atoms with van der Waals surface area (Å²) in [5.41, 5.74) is 1.60. The van der Waals surface area contributed by atoms with Crippen molar-refractivity contribution >= 4 is 23.2 Å². The molecule has 2 aromatic carbocycles. The van der Waals surface area contributed by atoms with Crippen LogP contribution in [-0.4, -0.2) is 47.9 Å². The second-order valence-corrected chi connectivity index (χ2v) is 9.84. The number of para-hydroxylation sites is 1. The van der Waals surface area contributed by atoms with Crippen LogP contribution < -0.4 is 4.74 Å². The maximum absolute atomic E-state index is 14.1. The van der Waals surface area contributed by atoms with Crippen LogP contribution in [0.15, 0.2) is 66.0 Å². The lowest BCUT2D eigenvalue weighted by molar-refractivity contribution is -0.135. The van der Waals surface area contributed by atoms with Gasteiger partial charge in [0.15, 0.2) is 11.6 Å². The first-order valence-corrected chi connectivity index (χ1v) is 12.4. The predicted molar refractivity (Wildman–Crippen MR) is 132 cm³/mol. The van der Waals surface area contributed by atoms with Gasteiger partial charge < -0.3 is 14.5 Å². The molecule has 5 nitrogen and oxygen atoms in total. The van der Waals surface area contributed by atoms with Crippen LogP contribution in [0.5, 0.6) is 5.75 Å². The number of halogens is 1. The molecular weight excluding hydrogens is 451 g/mol. The average molecular weight is 481 g/mol. The molecule has 0 fully saturated rings.